The summed E-state index contributed by atoms with van der Waals surface area (Å²) >= 11 is 2.58. The van der Waals surface area contributed by atoms with Gasteiger partial charge >= 0.3 is 0 Å². The van der Waals surface area contributed by atoms with E-state index in [1.807, 2.05) is 0 Å². The first-order chi connectivity index (χ1) is 17.8. The number of hydrogen-bond acceptors (Lipinski definition) is 0. The maximum atomic E-state index is 2.58. The average Bonchev–Trinajstić information content (AvgIpc) is 2.91. The first-order valence-corrected chi connectivity index (χ1v) is 14.0. The first-order valence-electron chi connectivity index (χ1n) is 12.9. The molecule has 0 unspecified atom stereocenters. The van der Waals surface area contributed by atoms with Gasteiger partial charge in [-0.05, 0) is 101 Å². The minimum Gasteiger partial charge on any atom is -0.0692 e. The lowest BCUT2D eigenvalue weighted by Gasteiger charge is -2.28. The van der Waals surface area contributed by atoms with Gasteiger partial charge in [0.1, 0.15) is 0 Å². The van der Waals surface area contributed by atoms with Gasteiger partial charge in [-0.15, -0.1) is 0 Å². The predicted molar refractivity (Wildman–Crippen MR) is 169 cm³/mol. The highest BCUT2D eigenvalue weighted by Crippen LogP contribution is 2.42. The van der Waals surface area contributed by atoms with Gasteiger partial charge in [0.05, 0.1) is 0 Å². The largest absolute Gasteiger partial charge is 0.0692 e. The molecule has 0 aliphatic carbocycles. The van der Waals surface area contributed by atoms with Crippen LogP contribution in [0.5, 0.6) is 0 Å². The molecular formula is C36H33I. The van der Waals surface area contributed by atoms with Crippen molar-refractivity contribution in [1.29, 1.82) is 0 Å². The third-order valence-electron chi connectivity index (χ3n) is 7.69. The summed E-state index contributed by atoms with van der Waals surface area (Å²) in [4.78, 5) is 0. The first kappa shape index (κ1) is 25.5. The summed E-state index contributed by atoms with van der Waals surface area (Å²) in [6.45, 7) is 11.2. The molecule has 0 fully saturated rings. The molecule has 5 aromatic carbocycles. The van der Waals surface area contributed by atoms with Gasteiger partial charge in [-0.3, -0.25) is 0 Å². The molecule has 0 radical (unpaired) electrons. The van der Waals surface area contributed by atoms with Gasteiger partial charge in [-0.2, -0.15) is 0 Å². The Morgan fingerprint density at radius 3 is 1.81 bits per heavy atom. The summed E-state index contributed by atoms with van der Waals surface area (Å²) < 4.78 is 1.30. The summed E-state index contributed by atoms with van der Waals surface area (Å²) in [5, 5.41) is 2.65. The molecule has 0 aliphatic rings. The molecule has 0 amide bonds. The van der Waals surface area contributed by atoms with E-state index in [4.69, 9.17) is 0 Å². The summed E-state index contributed by atoms with van der Waals surface area (Å²) in [6.07, 6.45) is 4.77. The van der Waals surface area contributed by atoms with Crippen molar-refractivity contribution >= 4 is 39.4 Å². The average molecular weight is 593 g/mol. The molecule has 0 saturated heterocycles. The zero-order valence-corrected chi connectivity index (χ0v) is 24.4. The zero-order chi connectivity index (χ0) is 26.2. The minimum atomic E-state index is -0.250. The Kier molecular flexibility index (Phi) is 7.09. The van der Waals surface area contributed by atoms with Crippen LogP contribution in [-0.4, -0.2) is 0 Å². The Morgan fingerprint density at radius 2 is 1.22 bits per heavy atom. The molecule has 5 aromatic rings. The Labute approximate surface area is 235 Å². The Morgan fingerprint density at radius 1 is 0.649 bits per heavy atom. The van der Waals surface area contributed by atoms with E-state index in [2.05, 4.69) is 166 Å². The summed E-state index contributed by atoms with van der Waals surface area (Å²) in [6, 6.07) is 35.4. The van der Waals surface area contributed by atoms with E-state index in [-0.39, 0.29) is 5.41 Å². The number of hydrogen-bond donors (Lipinski definition) is 0. The number of allylic oxidation sites excluding steroid dienone is 1. The molecule has 0 heterocycles. The lowest BCUT2D eigenvalue weighted by molar-refractivity contribution is 0.727. The lowest BCUT2D eigenvalue weighted by Crippen LogP contribution is -2.20. The topological polar surface area (TPSA) is 0 Å². The fourth-order valence-electron chi connectivity index (χ4n) is 5.48. The maximum Gasteiger partial charge on any atom is 0.0356 e. The van der Waals surface area contributed by atoms with Crippen molar-refractivity contribution in [1.82, 2.24) is 0 Å². The number of fused-ring (bicyclic) bond motifs is 1. The highest BCUT2D eigenvalue weighted by molar-refractivity contribution is 14.1. The van der Waals surface area contributed by atoms with Crippen LogP contribution < -0.4 is 0 Å². The van der Waals surface area contributed by atoms with Crippen molar-refractivity contribution in [3.63, 3.8) is 0 Å². The van der Waals surface area contributed by atoms with Crippen LogP contribution in [0.25, 0.3) is 28.0 Å². The van der Waals surface area contributed by atoms with Crippen molar-refractivity contribution in [2.45, 2.75) is 40.0 Å². The minimum absolute atomic E-state index is 0.250. The molecule has 0 bridgehead atoms. The fourth-order valence-corrected chi connectivity index (χ4v) is 6.65. The van der Waals surface area contributed by atoms with E-state index >= 15 is 0 Å². The van der Waals surface area contributed by atoms with E-state index in [0.717, 1.165) is 0 Å². The summed E-state index contributed by atoms with van der Waals surface area (Å²) in [5.74, 6) is 0. The Bertz CT molecular complexity index is 1570. The van der Waals surface area contributed by atoms with Gasteiger partial charge in [-0.1, -0.05) is 120 Å². The molecule has 0 atom stereocenters. The van der Waals surface area contributed by atoms with Gasteiger partial charge in [0.25, 0.3) is 0 Å². The van der Waals surface area contributed by atoms with Crippen molar-refractivity contribution in [2.75, 3.05) is 0 Å². The highest BCUT2D eigenvalue weighted by atomic mass is 127. The van der Waals surface area contributed by atoms with E-state index < -0.39 is 0 Å². The lowest BCUT2D eigenvalue weighted by atomic mass is 9.75. The molecule has 5 rings (SSSR count). The molecule has 1 heteroatoms. The standard InChI is InChI=1S/C36H33I/c1-24-16-18-30(26(3)22-24)34-32-19-17-25(2)23-33(32)27(4)31(35(34)37)20-21-36(5,28-12-8-6-9-13-28)29-14-10-7-11-15-29/h6-23H,1-5H3/b21-20-. The molecule has 0 saturated carbocycles. The number of aryl methyl sites for hydroxylation is 4. The number of halogens is 1. The molecule has 37 heavy (non-hydrogen) atoms. The molecule has 0 nitrogen and oxygen atoms in total. The van der Waals surface area contributed by atoms with E-state index in [0.29, 0.717) is 0 Å². The Balaban J connectivity index is 1.78. The quantitative estimate of drug-likeness (QED) is 0.178. The van der Waals surface area contributed by atoms with Gasteiger partial charge in [0.2, 0.25) is 0 Å². The second-order valence-electron chi connectivity index (χ2n) is 10.4. The third-order valence-corrected chi connectivity index (χ3v) is 8.81. The number of benzene rings is 5. The van der Waals surface area contributed by atoms with Crippen molar-refractivity contribution in [3.05, 3.63) is 146 Å². The zero-order valence-electron chi connectivity index (χ0n) is 22.3. The number of rotatable bonds is 5. The van der Waals surface area contributed by atoms with Gasteiger partial charge in [-0.25, -0.2) is 0 Å². The maximum absolute atomic E-state index is 2.58. The third kappa shape index (κ3) is 4.78. The van der Waals surface area contributed by atoms with Gasteiger partial charge in [0.15, 0.2) is 0 Å². The van der Waals surface area contributed by atoms with E-state index in [9.17, 15) is 0 Å². The summed E-state index contributed by atoms with van der Waals surface area (Å²) in [5.41, 5.74) is 11.5. The fraction of sp³-hybridized carbons (Fsp3) is 0.167. The second-order valence-corrected chi connectivity index (χ2v) is 11.4. The van der Waals surface area contributed by atoms with E-state index in [1.165, 1.54) is 64.4 Å². The smallest absolute Gasteiger partial charge is 0.0356 e. The van der Waals surface area contributed by atoms with Crippen LogP contribution in [0.4, 0.5) is 0 Å². The predicted octanol–water partition coefficient (Wildman–Crippen LogP) is 10.4. The van der Waals surface area contributed by atoms with Crippen molar-refractivity contribution in [3.8, 4) is 11.1 Å². The van der Waals surface area contributed by atoms with Gasteiger partial charge < -0.3 is 0 Å². The molecular weight excluding hydrogens is 559 g/mol. The highest BCUT2D eigenvalue weighted by Gasteiger charge is 2.26. The van der Waals surface area contributed by atoms with Crippen LogP contribution in [0.3, 0.4) is 0 Å². The molecule has 0 spiro atoms. The van der Waals surface area contributed by atoms with Crippen molar-refractivity contribution in [2.24, 2.45) is 0 Å². The monoisotopic (exact) mass is 592 g/mol. The SMILES string of the molecule is Cc1ccc(-c2c(I)c(/C=C\C(C)(c3ccccc3)c3ccccc3)c(C)c3cc(C)ccc23)c(C)c1. The van der Waals surface area contributed by atoms with Gasteiger partial charge in [0, 0.05) is 14.5 Å². The van der Waals surface area contributed by atoms with Crippen LogP contribution in [0.1, 0.15) is 45.9 Å². The molecule has 184 valence electrons. The van der Waals surface area contributed by atoms with Crippen LogP contribution in [-0.2, 0) is 5.41 Å². The van der Waals surface area contributed by atoms with Crippen LogP contribution in [0.2, 0.25) is 0 Å². The molecule has 0 aromatic heterocycles. The van der Waals surface area contributed by atoms with Crippen molar-refractivity contribution < 1.29 is 0 Å². The molecule has 0 aliphatic heterocycles. The normalized spacial score (nSPS) is 11.9. The summed E-state index contributed by atoms with van der Waals surface area (Å²) in [7, 11) is 0. The van der Waals surface area contributed by atoms with Crippen LogP contribution >= 0.6 is 22.6 Å². The second kappa shape index (κ2) is 10.3. The van der Waals surface area contributed by atoms with Crippen LogP contribution in [0.15, 0.2) is 103 Å². The Hall–Kier alpha value is -3.17. The van der Waals surface area contributed by atoms with Crippen LogP contribution in [0, 0.1) is 31.3 Å². The molecule has 0 N–H and O–H groups in total. The van der Waals surface area contributed by atoms with E-state index in [1.54, 1.807) is 0 Å².